The Morgan fingerprint density at radius 3 is 2.50 bits per heavy atom. The lowest BCUT2D eigenvalue weighted by Gasteiger charge is -2.36. The molecule has 3 aromatic rings. The quantitative estimate of drug-likeness (QED) is 0.126. The molecule has 0 bridgehead atoms. The molecule has 1 amide bonds. The van der Waals surface area contributed by atoms with Crippen molar-refractivity contribution < 1.29 is 9.53 Å². The molecule has 38 heavy (non-hydrogen) atoms. The third kappa shape index (κ3) is 8.01. The number of carbonyl (C=O) groups excluding carboxylic acids is 1. The number of thioether (sulfide) groups is 1. The monoisotopic (exact) mass is 553 g/mol. The lowest BCUT2D eigenvalue weighted by molar-refractivity contribution is 0.0953. The summed E-state index contributed by atoms with van der Waals surface area (Å²) in [5.74, 6) is 2.34. The maximum Gasteiger partial charge on any atom is 0.251 e. The Morgan fingerprint density at radius 2 is 1.76 bits per heavy atom. The molecule has 1 aliphatic rings. The van der Waals surface area contributed by atoms with E-state index in [1.807, 2.05) is 42.5 Å². The summed E-state index contributed by atoms with van der Waals surface area (Å²) in [6.45, 7) is 6.37. The highest BCUT2D eigenvalue weighted by molar-refractivity contribution is 7.98. The van der Waals surface area contributed by atoms with Gasteiger partial charge >= 0.3 is 0 Å². The fourth-order valence-electron chi connectivity index (χ4n) is 4.40. The first-order chi connectivity index (χ1) is 18.6. The lowest BCUT2D eigenvalue weighted by Crippen LogP contribution is -2.46. The van der Waals surface area contributed by atoms with Crippen LogP contribution in [0.15, 0.2) is 59.8 Å². The Bertz CT molecular complexity index is 1190. The summed E-state index contributed by atoms with van der Waals surface area (Å²) in [5.41, 5.74) is 2.92. The zero-order chi connectivity index (χ0) is 26.7. The van der Waals surface area contributed by atoms with Crippen molar-refractivity contribution in [3.8, 4) is 5.75 Å². The van der Waals surface area contributed by atoms with Crippen molar-refractivity contribution in [1.29, 1.82) is 0 Å². The molecule has 1 aromatic heterocycles. The first-order valence-electron chi connectivity index (χ1n) is 13.2. The van der Waals surface area contributed by atoms with Crippen LogP contribution in [0.25, 0.3) is 0 Å². The van der Waals surface area contributed by atoms with Gasteiger partial charge in [-0.05, 0) is 48.4 Å². The van der Waals surface area contributed by atoms with Crippen LogP contribution in [0.3, 0.4) is 0 Å². The highest BCUT2D eigenvalue weighted by Gasteiger charge is 2.20. The molecule has 0 unspecified atom stereocenters. The van der Waals surface area contributed by atoms with Gasteiger partial charge in [-0.2, -0.15) is 0 Å². The molecule has 1 saturated heterocycles. The van der Waals surface area contributed by atoms with Crippen LogP contribution < -0.4 is 19.9 Å². The molecule has 0 aliphatic carbocycles. The molecule has 202 valence electrons. The summed E-state index contributed by atoms with van der Waals surface area (Å²) in [5, 5.41) is 4.10. The number of nitrogens with one attached hydrogen (secondary N) is 1. The number of hydrogen-bond donors (Lipinski definition) is 1. The highest BCUT2D eigenvalue weighted by Crippen LogP contribution is 2.27. The average Bonchev–Trinajstić information content (AvgIpc) is 2.96. The molecule has 2 aromatic carbocycles. The predicted octanol–water partition coefficient (Wildman–Crippen LogP) is 6.07. The Hall–Kier alpha value is -2.97. The van der Waals surface area contributed by atoms with Gasteiger partial charge in [0.05, 0.1) is 7.11 Å². The molecule has 9 heteroatoms. The van der Waals surface area contributed by atoms with E-state index in [1.54, 1.807) is 7.11 Å². The number of amides is 1. The van der Waals surface area contributed by atoms with E-state index in [0.29, 0.717) is 28.2 Å². The van der Waals surface area contributed by atoms with E-state index in [9.17, 15) is 4.79 Å². The summed E-state index contributed by atoms with van der Waals surface area (Å²) in [4.78, 5) is 26.4. The minimum absolute atomic E-state index is 0.0246. The summed E-state index contributed by atoms with van der Waals surface area (Å²) >= 11 is 7.91. The van der Waals surface area contributed by atoms with Crippen LogP contribution in [0.2, 0.25) is 5.15 Å². The second-order valence-corrected chi connectivity index (χ2v) is 10.6. The fraction of sp³-hybridized carbons (Fsp3) is 0.414. The number of anilines is 2. The molecule has 7 nitrogen and oxygen atoms in total. The largest absolute Gasteiger partial charge is 0.497 e. The molecule has 0 spiro atoms. The third-order valence-electron chi connectivity index (χ3n) is 6.58. The second kappa shape index (κ2) is 14.3. The van der Waals surface area contributed by atoms with E-state index < -0.39 is 0 Å². The Morgan fingerprint density at radius 1 is 1.00 bits per heavy atom. The Balaban J connectivity index is 1.31. The molecule has 0 saturated carbocycles. The fourth-order valence-corrected chi connectivity index (χ4v) is 5.43. The van der Waals surface area contributed by atoms with Crippen molar-refractivity contribution in [2.75, 3.05) is 49.6 Å². The number of aromatic nitrogens is 2. The van der Waals surface area contributed by atoms with Crippen LogP contribution >= 0.6 is 23.4 Å². The predicted molar refractivity (Wildman–Crippen MR) is 157 cm³/mol. The SMILES string of the molecule is CCCCCCNC(=O)c1cccc(CSc2nc(Cl)cc(N3CCN(c4ccc(OC)cc4)CC3)n2)c1. The van der Waals surface area contributed by atoms with Crippen LogP contribution in [-0.4, -0.2) is 55.7 Å². The van der Waals surface area contributed by atoms with Crippen molar-refractivity contribution in [2.24, 2.45) is 0 Å². The minimum atomic E-state index is -0.0246. The van der Waals surface area contributed by atoms with E-state index in [4.69, 9.17) is 21.3 Å². The molecule has 1 N–H and O–H groups in total. The van der Waals surface area contributed by atoms with Crippen LogP contribution in [0, 0.1) is 0 Å². The van der Waals surface area contributed by atoms with Crippen LogP contribution in [-0.2, 0) is 5.75 Å². The van der Waals surface area contributed by atoms with Crippen molar-refractivity contribution >= 4 is 40.8 Å². The van der Waals surface area contributed by atoms with Crippen molar-refractivity contribution in [2.45, 2.75) is 43.5 Å². The standard InChI is InChI=1S/C29H36ClN5O2S/c1-3-4-5-6-14-31-28(36)23-9-7-8-22(19-23)21-38-29-32-26(30)20-27(33-29)35-17-15-34(16-18-35)24-10-12-25(37-2)13-11-24/h7-13,19-20H,3-6,14-18,21H2,1-2H3,(H,31,36). The van der Waals surface area contributed by atoms with E-state index >= 15 is 0 Å². The van der Waals surface area contributed by atoms with Gasteiger partial charge < -0.3 is 19.9 Å². The van der Waals surface area contributed by atoms with Crippen molar-refractivity contribution in [3.05, 3.63) is 70.9 Å². The summed E-state index contributed by atoms with van der Waals surface area (Å²) < 4.78 is 5.27. The Labute approximate surface area is 234 Å². The molecule has 0 radical (unpaired) electrons. The van der Waals surface area contributed by atoms with Crippen LogP contribution in [0.5, 0.6) is 5.75 Å². The van der Waals surface area contributed by atoms with Crippen molar-refractivity contribution in [3.63, 3.8) is 0 Å². The number of carbonyl (C=O) groups is 1. The smallest absolute Gasteiger partial charge is 0.251 e. The molecular formula is C29H36ClN5O2S. The first-order valence-corrected chi connectivity index (χ1v) is 14.6. The number of piperazine rings is 1. The van der Waals surface area contributed by atoms with E-state index in [1.165, 1.54) is 30.3 Å². The number of ether oxygens (including phenoxy) is 1. The van der Waals surface area contributed by atoms with Gasteiger partial charge in [-0.25, -0.2) is 9.97 Å². The van der Waals surface area contributed by atoms with Crippen molar-refractivity contribution in [1.82, 2.24) is 15.3 Å². The zero-order valence-corrected chi connectivity index (χ0v) is 23.7. The molecule has 4 rings (SSSR count). The van der Waals surface area contributed by atoms with Gasteiger partial charge in [0.15, 0.2) is 5.16 Å². The number of hydrogen-bond acceptors (Lipinski definition) is 7. The molecule has 0 atom stereocenters. The number of rotatable bonds is 12. The maximum absolute atomic E-state index is 12.5. The maximum atomic E-state index is 12.5. The van der Waals surface area contributed by atoms with Crippen LogP contribution in [0.4, 0.5) is 11.5 Å². The third-order valence-corrected chi connectivity index (χ3v) is 7.69. The molecule has 1 aliphatic heterocycles. The van der Waals surface area contributed by atoms with Gasteiger partial charge in [0, 0.05) is 55.8 Å². The Kier molecular flexibility index (Phi) is 10.5. The summed E-state index contributed by atoms with van der Waals surface area (Å²) in [6.07, 6.45) is 4.55. The zero-order valence-electron chi connectivity index (χ0n) is 22.2. The van der Waals surface area contributed by atoms with E-state index in [0.717, 1.165) is 56.2 Å². The molecule has 2 heterocycles. The average molecular weight is 554 g/mol. The second-order valence-electron chi connectivity index (χ2n) is 9.31. The van der Waals surface area contributed by atoms with E-state index in [-0.39, 0.29) is 5.91 Å². The number of nitrogens with zero attached hydrogens (tertiary/aromatic N) is 4. The number of halogens is 1. The van der Waals surface area contributed by atoms with Gasteiger partial charge in [-0.15, -0.1) is 0 Å². The van der Waals surface area contributed by atoms with Gasteiger partial charge in [0.1, 0.15) is 16.7 Å². The van der Waals surface area contributed by atoms with Gasteiger partial charge in [-0.1, -0.05) is 61.7 Å². The summed E-state index contributed by atoms with van der Waals surface area (Å²) in [6, 6.07) is 17.8. The first kappa shape index (κ1) is 28.0. The van der Waals surface area contributed by atoms with Crippen LogP contribution in [0.1, 0.15) is 48.5 Å². The minimum Gasteiger partial charge on any atom is -0.497 e. The number of unbranched alkanes of at least 4 members (excludes halogenated alkanes) is 3. The highest BCUT2D eigenvalue weighted by atomic mass is 35.5. The lowest BCUT2D eigenvalue weighted by atomic mass is 10.1. The topological polar surface area (TPSA) is 70.6 Å². The van der Waals surface area contributed by atoms with Gasteiger partial charge in [0.25, 0.3) is 5.91 Å². The number of methoxy groups -OCH3 is 1. The molecular weight excluding hydrogens is 518 g/mol. The van der Waals surface area contributed by atoms with Gasteiger partial charge in [-0.3, -0.25) is 4.79 Å². The number of benzene rings is 2. The normalized spacial score (nSPS) is 13.4. The van der Waals surface area contributed by atoms with Gasteiger partial charge in [0.2, 0.25) is 0 Å². The summed E-state index contributed by atoms with van der Waals surface area (Å²) in [7, 11) is 1.68. The molecule has 1 fully saturated rings. The van der Waals surface area contributed by atoms with E-state index in [2.05, 4.69) is 39.2 Å².